The molecule has 2 aromatic rings. The molecule has 3 atom stereocenters. The van der Waals surface area contributed by atoms with E-state index in [2.05, 4.69) is 24.8 Å². The van der Waals surface area contributed by atoms with Crippen LogP contribution >= 0.6 is 7.82 Å². The minimum Gasteiger partial charge on any atom is -0.756 e. The van der Waals surface area contributed by atoms with Crippen LogP contribution < -0.4 is 15.8 Å². The highest BCUT2D eigenvalue weighted by atomic mass is 31.2. The van der Waals surface area contributed by atoms with E-state index in [1.807, 2.05) is 0 Å². The number of nitrogens with one attached hydrogen (secondary N) is 2. The summed E-state index contributed by atoms with van der Waals surface area (Å²) in [6.07, 6.45) is 1.23. The van der Waals surface area contributed by atoms with Gasteiger partial charge in [-0.1, -0.05) is 13.8 Å². The number of rotatable bonds is 9. The number of aromatic nitrogens is 4. The molecule has 1 fully saturated rings. The molecule has 3 rings (SSSR count). The first kappa shape index (κ1) is 23.1. The van der Waals surface area contributed by atoms with Crippen LogP contribution in [0.5, 0.6) is 0 Å². The number of ether oxygens (including phenoxy) is 1. The molecule has 1 saturated heterocycles. The molecule has 168 valence electrons. The molecule has 1 aliphatic rings. The third-order valence-electron chi connectivity index (χ3n) is 4.48. The monoisotopic (exact) mass is 453 g/mol. The molecule has 0 radical (unpaired) electrons. The molecule has 1 unspecified atom stereocenters. The summed E-state index contributed by atoms with van der Waals surface area (Å²) in [6.45, 7) is 2.89. The van der Waals surface area contributed by atoms with Gasteiger partial charge in [-0.3, -0.25) is 29.0 Å². The van der Waals surface area contributed by atoms with E-state index in [-0.39, 0.29) is 48.6 Å². The second-order valence-corrected chi connectivity index (χ2v) is 8.57. The molecule has 3 heterocycles. The van der Waals surface area contributed by atoms with Gasteiger partial charge in [0.25, 0.3) is 13.4 Å². The number of aromatic amines is 1. The molecular formula is C17H22N6O7P-. The van der Waals surface area contributed by atoms with Crippen LogP contribution in [-0.4, -0.2) is 44.7 Å². The van der Waals surface area contributed by atoms with Crippen molar-refractivity contribution in [2.45, 2.75) is 45.4 Å². The zero-order valence-electron chi connectivity index (χ0n) is 16.9. The number of carbonyl (C=O) groups excluding carboxylic acids is 1. The fourth-order valence-corrected chi connectivity index (χ4v) is 3.62. The van der Waals surface area contributed by atoms with Crippen LogP contribution in [0.1, 0.15) is 39.3 Å². The molecule has 1 amide bonds. The summed E-state index contributed by atoms with van der Waals surface area (Å²) in [7, 11) is -4.53. The summed E-state index contributed by atoms with van der Waals surface area (Å²) in [5, 5.41) is 11.0. The number of phosphoric acid groups is 1. The van der Waals surface area contributed by atoms with Crippen molar-refractivity contribution in [3.63, 3.8) is 0 Å². The topological polar surface area (TPSA) is 184 Å². The quantitative estimate of drug-likeness (QED) is 0.406. The predicted molar refractivity (Wildman–Crippen MR) is 105 cm³/mol. The summed E-state index contributed by atoms with van der Waals surface area (Å²) in [5.74, 6) is -0.606. The van der Waals surface area contributed by atoms with Gasteiger partial charge in [-0.2, -0.15) is 10.2 Å². The number of phosphoric ester groups is 1. The van der Waals surface area contributed by atoms with E-state index < -0.39 is 25.7 Å². The van der Waals surface area contributed by atoms with E-state index in [0.717, 1.165) is 0 Å². The molecule has 0 aliphatic carbocycles. The Morgan fingerprint density at radius 2 is 2.29 bits per heavy atom. The molecular weight excluding hydrogens is 431 g/mol. The third-order valence-corrected chi connectivity index (χ3v) is 5.44. The van der Waals surface area contributed by atoms with Crippen molar-refractivity contribution < 1.29 is 28.0 Å². The van der Waals surface area contributed by atoms with Crippen molar-refractivity contribution in [2.24, 2.45) is 5.92 Å². The normalized spacial score (nSPS) is 20.6. The smallest absolute Gasteiger partial charge is 0.280 e. The molecule has 1 aliphatic heterocycles. The summed E-state index contributed by atoms with van der Waals surface area (Å²) in [5.41, 5.74) is -0.202. The minimum absolute atomic E-state index is 0.00218. The SMILES string of the molecule is CC(C)C(=O)Nc1nc2c(ncn2[C@H]2CC[C@@H](COP(=O)([O-])OCCC#N)O2)c(=O)[nH]1. The van der Waals surface area contributed by atoms with Gasteiger partial charge in [-0.05, 0) is 12.8 Å². The van der Waals surface area contributed by atoms with Crippen molar-refractivity contribution in [2.75, 3.05) is 18.5 Å². The number of carbonyl (C=O) groups is 1. The van der Waals surface area contributed by atoms with E-state index in [1.165, 1.54) is 6.33 Å². The highest BCUT2D eigenvalue weighted by Crippen LogP contribution is 2.40. The van der Waals surface area contributed by atoms with Crippen LogP contribution in [0.4, 0.5) is 5.95 Å². The molecule has 2 N–H and O–H groups in total. The fraction of sp³-hybridized carbons (Fsp3) is 0.588. The van der Waals surface area contributed by atoms with Crippen molar-refractivity contribution in [1.29, 1.82) is 5.26 Å². The number of nitriles is 1. The molecule has 0 aromatic carbocycles. The van der Waals surface area contributed by atoms with Crippen LogP contribution in [0.3, 0.4) is 0 Å². The number of hydrogen-bond donors (Lipinski definition) is 2. The Labute approximate surface area is 177 Å². The Balaban J connectivity index is 1.68. The number of nitrogens with zero attached hydrogens (tertiary/aromatic N) is 4. The molecule has 0 saturated carbocycles. The van der Waals surface area contributed by atoms with Crippen LogP contribution in [0.2, 0.25) is 0 Å². The second kappa shape index (κ2) is 9.67. The maximum Gasteiger partial charge on any atom is 0.280 e. The van der Waals surface area contributed by atoms with Gasteiger partial charge >= 0.3 is 0 Å². The maximum absolute atomic E-state index is 12.3. The molecule has 0 bridgehead atoms. The Bertz CT molecular complexity index is 1090. The van der Waals surface area contributed by atoms with Gasteiger partial charge in [0, 0.05) is 5.92 Å². The number of H-pyrrole nitrogens is 1. The fourth-order valence-electron chi connectivity index (χ4n) is 2.89. The zero-order valence-corrected chi connectivity index (χ0v) is 17.8. The van der Waals surface area contributed by atoms with Crippen molar-refractivity contribution >= 4 is 30.8 Å². The van der Waals surface area contributed by atoms with E-state index in [1.54, 1.807) is 24.5 Å². The first-order valence-electron chi connectivity index (χ1n) is 9.60. The lowest BCUT2D eigenvalue weighted by molar-refractivity contribution is -0.227. The van der Waals surface area contributed by atoms with Crippen LogP contribution in [0.25, 0.3) is 11.2 Å². The van der Waals surface area contributed by atoms with Gasteiger partial charge in [0.1, 0.15) is 6.23 Å². The maximum atomic E-state index is 12.3. The summed E-state index contributed by atoms with van der Waals surface area (Å²) in [4.78, 5) is 46.7. The van der Waals surface area contributed by atoms with Crippen molar-refractivity contribution in [1.82, 2.24) is 19.5 Å². The van der Waals surface area contributed by atoms with E-state index in [0.29, 0.717) is 12.8 Å². The van der Waals surface area contributed by atoms with Gasteiger partial charge in [-0.15, -0.1) is 0 Å². The second-order valence-electron chi connectivity index (χ2n) is 7.16. The number of imidazole rings is 1. The van der Waals surface area contributed by atoms with Crippen LogP contribution in [-0.2, 0) is 23.1 Å². The summed E-state index contributed by atoms with van der Waals surface area (Å²) >= 11 is 0. The molecule has 13 nitrogen and oxygen atoms in total. The number of anilines is 1. The number of fused-ring (bicyclic) bond motifs is 1. The summed E-state index contributed by atoms with van der Waals surface area (Å²) < 4.78 is 28.4. The van der Waals surface area contributed by atoms with Gasteiger partial charge < -0.3 is 18.7 Å². The highest BCUT2D eigenvalue weighted by Gasteiger charge is 2.30. The van der Waals surface area contributed by atoms with Gasteiger partial charge in [-0.25, -0.2) is 4.98 Å². The first-order valence-corrected chi connectivity index (χ1v) is 11.1. The average Bonchev–Trinajstić information content (AvgIpc) is 3.33. The van der Waals surface area contributed by atoms with Gasteiger partial charge in [0.2, 0.25) is 11.9 Å². The van der Waals surface area contributed by atoms with Crippen molar-refractivity contribution in [3.8, 4) is 6.07 Å². The van der Waals surface area contributed by atoms with Gasteiger partial charge in [0.15, 0.2) is 11.2 Å². The Morgan fingerprint density at radius 1 is 1.52 bits per heavy atom. The summed E-state index contributed by atoms with van der Waals surface area (Å²) in [6, 6.07) is 1.77. The number of hydrogen-bond acceptors (Lipinski definition) is 10. The van der Waals surface area contributed by atoms with Gasteiger partial charge in [0.05, 0.1) is 38.1 Å². The van der Waals surface area contributed by atoms with E-state index in [4.69, 9.17) is 14.5 Å². The number of amides is 1. The standard InChI is InChI=1S/C17H23N6O7P/c1-10(2)15(24)21-17-20-14-13(16(25)22-17)19-9-23(14)12-5-4-11(30-12)8-29-31(26,27)28-7-3-6-18/h9-12H,3-5,7-8H2,1-2H3,(H,26,27)(H2,20,21,22,24,25)/p-1/t11-,12+/m0/s1. The largest absolute Gasteiger partial charge is 0.756 e. The Kier molecular flexibility index (Phi) is 7.19. The first-order chi connectivity index (χ1) is 14.7. The lowest BCUT2D eigenvalue weighted by Crippen LogP contribution is -2.22. The Hall–Kier alpha value is -2.62. The van der Waals surface area contributed by atoms with E-state index in [9.17, 15) is 19.0 Å². The van der Waals surface area contributed by atoms with Crippen LogP contribution in [0, 0.1) is 17.2 Å². The average molecular weight is 453 g/mol. The lowest BCUT2D eigenvalue weighted by Gasteiger charge is -2.24. The zero-order chi connectivity index (χ0) is 22.6. The lowest BCUT2D eigenvalue weighted by atomic mass is 10.2. The third kappa shape index (κ3) is 5.75. The minimum atomic E-state index is -4.53. The molecule has 0 spiro atoms. The molecule has 14 heteroatoms. The highest BCUT2D eigenvalue weighted by molar-refractivity contribution is 7.45. The Morgan fingerprint density at radius 3 is 3.00 bits per heavy atom. The van der Waals surface area contributed by atoms with E-state index >= 15 is 0 Å². The van der Waals surface area contributed by atoms with Crippen molar-refractivity contribution in [3.05, 3.63) is 16.7 Å². The molecule has 2 aromatic heterocycles. The predicted octanol–water partition coefficient (Wildman–Crippen LogP) is 0.807. The molecule has 31 heavy (non-hydrogen) atoms. The van der Waals surface area contributed by atoms with Crippen LogP contribution in [0.15, 0.2) is 11.1 Å².